The van der Waals surface area contributed by atoms with Gasteiger partial charge in [-0.15, -0.1) is 10.2 Å². The summed E-state index contributed by atoms with van der Waals surface area (Å²) >= 11 is 1.34. The van der Waals surface area contributed by atoms with E-state index in [0.29, 0.717) is 18.0 Å². The second kappa shape index (κ2) is 8.20. The van der Waals surface area contributed by atoms with Gasteiger partial charge >= 0.3 is 0 Å². The lowest BCUT2D eigenvalue weighted by molar-refractivity contribution is -0.120. The van der Waals surface area contributed by atoms with E-state index in [1.807, 2.05) is 13.8 Å². The molecular formula is C17H24N6O4S2. The van der Waals surface area contributed by atoms with Gasteiger partial charge in [-0.25, -0.2) is 8.42 Å². The number of piperidine rings is 1. The van der Waals surface area contributed by atoms with Crippen LogP contribution in [0.25, 0.3) is 0 Å². The van der Waals surface area contributed by atoms with Crippen molar-refractivity contribution < 1.29 is 18.0 Å². The van der Waals surface area contributed by atoms with E-state index in [1.54, 1.807) is 7.05 Å². The van der Waals surface area contributed by atoms with Crippen molar-refractivity contribution in [3.05, 3.63) is 23.0 Å². The lowest BCUT2D eigenvalue weighted by Gasteiger charge is -2.30. The number of nitrogens with two attached hydrogens (primary N) is 1. The predicted octanol–water partition coefficient (Wildman–Crippen LogP) is 1.14. The van der Waals surface area contributed by atoms with Crippen LogP contribution in [0.3, 0.4) is 0 Å². The molecule has 1 fully saturated rings. The molecule has 0 saturated carbocycles. The summed E-state index contributed by atoms with van der Waals surface area (Å²) in [5.41, 5.74) is 5.38. The first-order valence-corrected chi connectivity index (χ1v) is 11.5. The molecule has 0 unspecified atom stereocenters. The molecule has 3 rings (SSSR count). The quantitative estimate of drug-likeness (QED) is 0.690. The summed E-state index contributed by atoms with van der Waals surface area (Å²) in [5, 5.41) is 12.1. The highest BCUT2D eigenvalue weighted by Gasteiger charge is 2.33. The summed E-state index contributed by atoms with van der Waals surface area (Å²) in [6.45, 7) is 4.44. The number of primary amides is 1. The van der Waals surface area contributed by atoms with E-state index in [-0.39, 0.29) is 41.4 Å². The summed E-state index contributed by atoms with van der Waals surface area (Å²) in [6, 6.07) is 1.28. The zero-order chi connectivity index (χ0) is 21.3. The molecular weight excluding hydrogens is 416 g/mol. The third kappa shape index (κ3) is 4.49. The Hall–Kier alpha value is -2.31. The van der Waals surface area contributed by atoms with Crippen LogP contribution in [0.1, 0.15) is 48.1 Å². The molecule has 158 valence electrons. The fourth-order valence-corrected chi connectivity index (χ4v) is 5.44. The van der Waals surface area contributed by atoms with Crippen molar-refractivity contribution in [3.63, 3.8) is 0 Å². The molecule has 2 aromatic rings. The van der Waals surface area contributed by atoms with E-state index >= 15 is 0 Å². The van der Waals surface area contributed by atoms with Crippen molar-refractivity contribution >= 4 is 38.3 Å². The Kier molecular flexibility index (Phi) is 6.05. The van der Waals surface area contributed by atoms with Gasteiger partial charge in [-0.05, 0) is 18.9 Å². The standard InChI is InChI=1S/C17H24N6O4S2/c1-10(2)16-20-21-17(28-16)19-15(25)11-4-6-23(7-5-11)29(26,27)12-8-13(14(18)24)22(3)9-12/h8-11H,4-7H2,1-3H3,(H2,18,24)(H,19,21,25). The van der Waals surface area contributed by atoms with Gasteiger partial charge in [0.1, 0.15) is 15.6 Å². The van der Waals surface area contributed by atoms with Crippen LogP contribution in [0.15, 0.2) is 17.2 Å². The summed E-state index contributed by atoms with van der Waals surface area (Å²) in [5.74, 6) is -0.935. The fourth-order valence-electron chi connectivity index (χ4n) is 3.15. The van der Waals surface area contributed by atoms with Gasteiger partial charge < -0.3 is 15.6 Å². The van der Waals surface area contributed by atoms with Gasteiger partial charge in [0.2, 0.25) is 21.1 Å². The number of rotatable bonds is 6. The highest BCUT2D eigenvalue weighted by atomic mass is 32.2. The zero-order valence-electron chi connectivity index (χ0n) is 16.5. The Morgan fingerprint density at radius 3 is 2.45 bits per heavy atom. The monoisotopic (exact) mass is 440 g/mol. The first-order valence-electron chi connectivity index (χ1n) is 9.20. The molecule has 10 nitrogen and oxygen atoms in total. The molecule has 1 aliphatic rings. The maximum atomic E-state index is 12.9. The average molecular weight is 441 g/mol. The molecule has 2 aromatic heterocycles. The lowest BCUT2D eigenvalue weighted by atomic mass is 9.97. The number of nitrogens with zero attached hydrogens (tertiary/aromatic N) is 4. The number of nitrogens with one attached hydrogen (secondary N) is 1. The lowest BCUT2D eigenvalue weighted by Crippen LogP contribution is -2.41. The third-order valence-electron chi connectivity index (χ3n) is 4.86. The molecule has 0 aliphatic carbocycles. The Balaban J connectivity index is 1.62. The SMILES string of the molecule is CC(C)c1nnc(NC(=O)C2CCN(S(=O)(=O)c3cc(C(N)=O)n(C)c3)CC2)s1. The Labute approximate surface area is 173 Å². The molecule has 2 amide bonds. The van der Waals surface area contributed by atoms with Crippen molar-refractivity contribution in [3.8, 4) is 0 Å². The van der Waals surface area contributed by atoms with Gasteiger partial charge in [-0.3, -0.25) is 9.59 Å². The van der Waals surface area contributed by atoms with Crippen LogP contribution in [-0.2, 0) is 21.9 Å². The van der Waals surface area contributed by atoms with E-state index in [4.69, 9.17) is 5.73 Å². The molecule has 0 bridgehead atoms. The molecule has 29 heavy (non-hydrogen) atoms. The molecule has 0 atom stereocenters. The zero-order valence-corrected chi connectivity index (χ0v) is 18.1. The highest BCUT2D eigenvalue weighted by molar-refractivity contribution is 7.89. The molecule has 1 aliphatic heterocycles. The first-order chi connectivity index (χ1) is 13.6. The molecule has 0 radical (unpaired) electrons. The average Bonchev–Trinajstić information content (AvgIpc) is 3.29. The summed E-state index contributed by atoms with van der Waals surface area (Å²) in [6.07, 6.45) is 2.17. The van der Waals surface area contributed by atoms with E-state index in [0.717, 1.165) is 5.01 Å². The largest absolute Gasteiger partial charge is 0.364 e. The number of anilines is 1. The number of carbonyl (C=O) groups is 2. The van der Waals surface area contributed by atoms with Crippen molar-refractivity contribution in [2.24, 2.45) is 18.7 Å². The number of aryl methyl sites for hydroxylation is 1. The van der Waals surface area contributed by atoms with E-state index < -0.39 is 15.9 Å². The molecule has 3 N–H and O–H groups in total. The van der Waals surface area contributed by atoms with Gasteiger partial charge in [0.25, 0.3) is 5.91 Å². The molecule has 3 heterocycles. The second-order valence-electron chi connectivity index (χ2n) is 7.30. The van der Waals surface area contributed by atoms with Crippen LogP contribution in [-0.4, -0.2) is 52.4 Å². The molecule has 12 heteroatoms. The van der Waals surface area contributed by atoms with Gasteiger partial charge in [0.05, 0.1) is 0 Å². The summed E-state index contributed by atoms with van der Waals surface area (Å²) < 4.78 is 28.4. The summed E-state index contributed by atoms with van der Waals surface area (Å²) in [7, 11) is -2.20. The number of hydrogen-bond acceptors (Lipinski definition) is 7. The van der Waals surface area contributed by atoms with Crippen LogP contribution < -0.4 is 11.1 Å². The van der Waals surface area contributed by atoms with Crippen LogP contribution >= 0.6 is 11.3 Å². The van der Waals surface area contributed by atoms with Crippen LogP contribution in [0.2, 0.25) is 0 Å². The predicted molar refractivity (Wildman–Crippen MR) is 108 cm³/mol. The van der Waals surface area contributed by atoms with Gasteiger partial charge in [0.15, 0.2) is 0 Å². The smallest absolute Gasteiger partial charge is 0.265 e. The van der Waals surface area contributed by atoms with Crippen LogP contribution in [0, 0.1) is 5.92 Å². The Morgan fingerprint density at radius 1 is 1.28 bits per heavy atom. The Bertz CT molecular complexity index is 1020. The normalized spacial score (nSPS) is 16.3. The van der Waals surface area contributed by atoms with E-state index in [9.17, 15) is 18.0 Å². The number of hydrogen-bond donors (Lipinski definition) is 2. The van der Waals surface area contributed by atoms with Gasteiger partial charge in [0, 0.05) is 38.2 Å². The minimum Gasteiger partial charge on any atom is -0.364 e. The van der Waals surface area contributed by atoms with Crippen molar-refractivity contribution in [1.29, 1.82) is 0 Å². The number of carbonyl (C=O) groups excluding carboxylic acids is 2. The Morgan fingerprint density at radius 2 is 1.93 bits per heavy atom. The minimum absolute atomic E-state index is 0.0202. The number of amides is 2. The second-order valence-corrected chi connectivity index (χ2v) is 10.3. The van der Waals surface area contributed by atoms with Crippen molar-refractivity contribution in [2.45, 2.75) is 37.5 Å². The van der Waals surface area contributed by atoms with Crippen LogP contribution in [0.5, 0.6) is 0 Å². The van der Waals surface area contributed by atoms with E-state index in [1.165, 1.54) is 32.5 Å². The first kappa shape index (κ1) is 21.4. The fraction of sp³-hybridized carbons (Fsp3) is 0.529. The number of aromatic nitrogens is 3. The highest BCUT2D eigenvalue weighted by Crippen LogP contribution is 2.27. The summed E-state index contributed by atoms with van der Waals surface area (Å²) in [4.78, 5) is 23.9. The van der Waals surface area contributed by atoms with Crippen LogP contribution in [0.4, 0.5) is 5.13 Å². The third-order valence-corrected chi connectivity index (χ3v) is 7.86. The minimum atomic E-state index is -3.76. The van der Waals surface area contributed by atoms with Crippen molar-refractivity contribution in [1.82, 2.24) is 19.1 Å². The van der Waals surface area contributed by atoms with E-state index in [2.05, 4.69) is 15.5 Å². The number of sulfonamides is 1. The van der Waals surface area contributed by atoms with Gasteiger partial charge in [-0.2, -0.15) is 4.31 Å². The molecule has 0 aromatic carbocycles. The molecule has 1 saturated heterocycles. The molecule has 0 spiro atoms. The topological polar surface area (TPSA) is 140 Å². The maximum absolute atomic E-state index is 12.9. The van der Waals surface area contributed by atoms with Crippen molar-refractivity contribution in [2.75, 3.05) is 18.4 Å². The maximum Gasteiger partial charge on any atom is 0.265 e. The van der Waals surface area contributed by atoms with Gasteiger partial charge in [-0.1, -0.05) is 25.2 Å².